The van der Waals surface area contributed by atoms with Crippen LogP contribution in [0.3, 0.4) is 0 Å². The van der Waals surface area contributed by atoms with Crippen molar-refractivity contribution in [2.75, 3.05) is 7.11 Å². The van der Waals surface area contributed by atoms with E-state index in [-0.39, 0.29) is 6.42 Å². The first-order valence-electron chi connectivity index (χ1n) is 10.8. The van der Waals surface area contributed by atoms with Gasteiger partial charge in [0.15, 0.2) is 5.41 Å². The van der Waals surface area contributed by atoms with Crippen molar-refractivity contribution < 1.29 is 28.5 Å². The molecule has 7 heteroatoms. The van der Waals surface area contributed by atoms with Crippen molar-refractivity contribution in [1.29, 1.82) is 0 Å². The smallest absolute Gasteiger partial charge is 0.331 e. The lowest BCUT2D eigenvalue weighted by Gasteiger charge is -2.39. The molecule has 33 heavy (non-hydrogen) atoms. The summed E-state index contributed by atoms with van der Waals surface area (Å²) in [5.74, 6) is 1.72. The van der Waals surface area contributed by atoms with Crippen LogP contribution >= 0.6 is 0 Å². The molecule has 1 saturated heterocycles. The van der Waals surface area contributed by atoms with Crippen LogP contribution in [-0.2, 0) is 31.1 Å². The minimum absolute atomic E-state index is 0.142. The molecular formula is C26H30O6Si. The average Bonchev–Trinajstić information content (AvgIpc) is 2.75. The molecule has 0 spiro atoms. The van der Waals surface area contributed by atoms with E-state index in [9.17, 15) is 9.59 Å². The highest BCUT2D eigenvalue weighted by Crippen LogP contribution is 2.37. The lowest BCUT2D eigenvalue weighted by atomic mass is 9.81. The van der Waals surface area contributed by atoms with Crippen LogP contribution in [-0.4, -0.2) is 32.9 Å². The number of benzene rings is 2. The van der Waals surface area contributed by atoms with Crippen molar-refractivity contribution in [3.05, 3.63) is 59.7 Å². The highest BCUT2D eigenvalue weighted by Gasteiger charge is 2.55. The summed E-state index contributed by atoms with van der Waals surface area (Å²) in [6.45, 7) is 9.80. The van der Waals surface area contributed by atoms with E-state index >= 15 is 0 Å². The molecule has 0 radical (unpaired) electrons. The fourth-order valence-electron chi connectivity index (χ4n) is 3.25. The Balaban J connectivity index is 1.68. The minimum Gasteiger partial charge on any atom is -0.497 e. The summed E-state index contributed by atoms with van der Waals surface area (Å²) >= 11 is 0. The van der Waals surface area contributed by atoms with Crippen LogP contribution in [0.4, 0.5) is 0 Å². The third-order valence-corrected chi connectivity index (χ3v) is 6.23. The molecule has 0 bridgehead atoms. The normalized spacial score (nSPS) is 22.5. The van der Waals surface area contributed by atoms with Crippen LogP contribution in [0.15, 0.2) is 48.5 Å². The van der Waals surface area contributed by atoms with Crippen LogP contribution in [0.5, 0.6) is 11.5 Å². The summed E-state index contributed by atoms with van der Waals surface area (Å²) in [5.41, 5.74) is 3.11. The van der Waals surface area contributed by atoms with Gasteiger partial charge in [-0.15, -0.1) is 11.5 Å². The van der Waals surface area contributed by atoms with Gasteiger partial charge in [-0.1, -0.05) is 43.9 Å². The van der Waals surface area contributed by atoms with Gasteiger partial charge in [-0.25, -0.2) is 0 Å². The Hall–Kier alpha value is -3.24. The number of carbonyl (C=O) groups excluding carboxylic acids is 2. The van der Waals surface area contributed by atoms with E-state index in [1.54, 1.807) is 38.3 Å². The molecule has 0 N–H and O–H groups in total. The number of hydrogen-bond donors (Lipinski definition) is 0. The molecule has 3 rings (SSSR count). The molecule has 0 unspecified atom stereocenters. The van der Waals surface area contributed by atoms with Crippen LogP contribution in [0.1, 0.15) is 31.4 Å². The first-order chi connectivity index (χ1) is 15.4. The monoisotopic (exact) mass is 466 g/mol. The first kappa shape index (κ1) is 24.4. The number of hydrogen-bond acceptors (Lipinski definition) is 6. The highest BCUT2D eigenvalue weighted by molar-refractivity contribution is 6.83. The van der Waals surface area contributed by atoms with Crippen molar-refractivity contribution in [2.24, 2.45) is 0 Å². The molecule has 0 atom stereocenters. The van der Waals surface area contributed by atoms with E-state index in [0.29, 0.717) is 17.9 Å². The molecule has 1 aliphatic rings. The maximum atomic E-state index is 12.9. The Morgan fingerprint density at radius 3 is 1.94 bits per heavy atom. The zero-order chi connectivity index (χ0) is 24.3. The van der Waals surface area contributed by atoms with Crippen molar-refractivity contribution >= 4 is 20.0 Å². The van der Waals surface area contributed by atoms with E-state index in [2.05, 4.69) is 31.1 Å². The summed E-state index contributed by atoms with van der Waals surface area (Å²) in [7, 11) is 0.0318. The van der Waals surface area contributed by atoms with Gasteiger partial charge in [-0.2, -0.15) is 0 Å². The summed E-state index contributed by atoms with van der Waals surface area (Å²) in [4.78, 5) is 25.9. The topological polar surface area (TPSA) is 71.1 Å². The van der Waals surface area contributed by atoms with E-state index in [0.717, 1.165) is 11.3 Å². The molecule has 0 aliphatic carbocycles. The summed E-state index contributed by atoms with van der Waals surface area (Å²) < 4.78 is 22.1. The molecule has 1 heterocycles. The van der Waals surface area contributed by atoms with Gasteiger partial charge >= 0.3 is 11.9 Å². The Bertz CT molecular complexity index is 1050. The second-order valence-electron chi connectivity index (χ2n) is 9.43. The van der Waals surface area contributed by atoms with Gasteiger partial charge in [0.2, 0.25) is 0 Å². The van der Waals surface area contributed by atoms with E-state index in [4.69, 9.17) is 18.9 Å². The zero-order valence-electron chi connectivity index (χ0n) is 20.0. The maximum Gasteiger partial charge on any atom is 0.331 e. The Morgan fingerprint density at radius 1 is 0.879 bits per heavy atom. The molecule has 0 amide bonds. The van der Waals surface area contributed by atoms with Gasteiger partial charge in [-0.05, 0) is 42.3 Å². The van der Waals surface area contributed by atoms with Crippen molar-refractivity contribution in [1.82, 2.24) is 0 Å². The minimum atomic E-state index is -1.59. The second-order valence-corrected chi connectivity index (χ2v) is 14.2. The fraction of sp³-hybridized carbons (Fsp3) is 0.385. The van der Waals surface area contributed by atoms with Crippen LogP contribution in [0.2, 0.25) is 19.6 Å². The molecule has 1 fully saturated rings. The quantitative estimate of drug-likeness (QED) is 0.268. The van der Waals surface area contributed by atoms with Crippen LogP contribution < -0.4 is 9.47 Å². The van der Waals surface area contributed by atoms with E-state index in [1.807, 2.05) is 24.3 Å². The van der Waals surface area contributed by atoms with Gasteiger partial charge in [0.05, 0.1) is 13.5 Å². The third-order valence-electron chi connectivity index (χ3n) is 5.30. The molecular weight excluding hydrogens is 436 g/mol. The van der Waals surface area contributed by atoms with E-state index in [1.165, 1.54) is 6.92 Å². The van der Waals surface area contributed by atoms with Gasteiger partial charge in [0.1, 0.15) is 26.2 Å². The summed E-state index contributed by atoms with van der Waals surface area (Å²) in [6, 6.07) is 14.4. The predicted octanol–water partition coefficient (Wildman–Crippen LogP) is 4.62. The van der Waals surface area contributed by atoms with E-state index < -0.39 is 31.2 Å². The summed E-state index contributed by atoms with van der Waals surface area (Å²) in [5, 5.41) is 0. The number of rotatable bonds is 6. The number of methoxy groups -OCH3 is 1. The largest absolute Gasteiger partial charge is 0.497 e. The number of esters is 2. The molecule has 2 aromatic rings. The van der Waals surface area contributed by atoms with Crippen LogP contribution in [0, 0.1) is 11.5 Å². The third kappa shape index (κ3) is 5.77. The van der Waals surface area contributed by atoms with Gasteiger partial charge in [0.25, 0.3) is 5.79 Å². The second kappa shape index (κ2) is 9.32. The highest BCUT2D eigenvalue weighted by atomic mass is 28.3. The van der Waals surface area contributed by atoms with Gasteiger partial charge in [-0.3, -0.25) is 9.59 Å². The van der Waals surface area contributed by atoms with Crippen LogP contribution in [0.25, 0.3) is 0 Å². The average molecular weight is 467 g/mol. The molecule has 0 saturated carbocycles. The Kier molecular flexibility index (Phi) is 6.89. The van der Waals surface area contributed by atoms with Gasteiger partial charge < -0.3 is 18.9 Å². The standard InChI is InChI=1S/C26H30O6Si/c1-25(16-7-17-33(4,5)6)31-23(27)26(2,24(28)32-25)20-10-14-22(15-11-20)30-18-19-8-12-21(29-3)13-9-19/h8-15H,16,18H2,1-6H3. The lowest BCUT2D eigenvalue weighted by molar-refractivity contribution is -0.246. The van der Waals surface area contributed by atoms with Crippen molar-refractivity contribution in [2.45, 2.75) is 57.7 Å². The molecule has 1 aliphatic heterocycles. The molecule has 0 aromatic heterocycles. The van der Waals surface area contributed by atoms with Crippen molar-refractivity contribution in [3.8, 4) is 23.0 Å². The fourth-order valence-corrected chi connectivity index (χ4v) is 3.87. The Morgan fingerprint density at radius 2 is 1.42 bits per heavy atom. The number of ether oxygens (including phenoxy) is 4. The maximum absolute atomic E-state index is 12.9. The predicted molar refractivity (Wildman–Crippen MR) is 127 cm³/mol. The zero-order valence-corrected chi connectivity index (χ0v) is 21.0. The Labute approximate surface area is 196 Å². The molecule has 174 valence electrons. The molecule has 2 aromatic carbocycles. The number of cyclic esters (lactones) is 2. The molecule has 6 nitrogen and oxygen atoms in total. The SMILES string of the molecule is COc1ccc(COc2ccc(C3(C)C(=O)OC(C)(CC#C[Si](C)(C)C)OC3=O)cc2)cc1. The van der Waals surface area contributed by atoms with Crippen molar-refractivity contribution in [3.63, 3.8) is 0 Å². The lowest BCUT2D eigenvalue weighted by Crippen LogP contribution is -2.56. The first-order valence-corrected chi connectivity index (χ1v) is 14.3. The summed E-state index contributed by atoms with van der Waals surface area (Å²) in [6.07, 6.45) is 0.142. The van der Waals surface area contributed by atoms with Gasteiger partial charge in [0, 0.05) is 6.92 Å². The number of carbonyl (C=O) groups is 2.